The van der Waals surface area contributed by atoms with Crippen molar-refractivity contribution in [2.45, 2.75) is 52.4 Å². The Morgan fingerprint density at radius 2 is 1.84 bits per heavy atom. The largest absolute Gasteiger partial charge is 0.496 e. The standard InChI is InChI=1S/C27H32N2O8/c1-15(2)25(31)37-23-17(4)36-27(33)20(29-24(30)22-16(3)21(34-5)11-12-28-22)14-35-26(32)19(23)13-18-9-7-6-8-10-18/h6-12,15,17,19-20,23H,13-14H2,1-5H3,(H,29,30). The molecular formula is C27H32N2O8. The smallest absolute Gasteiger partial charge is 0.332 e. The molecule has 4 atom stereocenters. The molecule has 1 fully saturated rings. The molecule has 1 saturated heterocycles. The Morgan fingerprint density at radius 1 is 1.14 bits per heavy atom. The van der Waals surface area contributed by atoms with Gasteiger partial charge in [-0.1, -0.05) is 44.2 Å². The summed E-state index contributed by atoms with van der Waals surface area (Å²) in [5.41, 5.74) is 1.35. The highest BCUT2D eigenvalue weighted by Gasteiger charge is 2.42. The number of hydrogen-bond donors (Lipinski definition) is 1. The molecule has 10 heteroatoms. The van der Waals surface area contributed by atoms with Crippen molar-refractivity contribution < 1.29 is 38.1 Å². The van der Waals surface area contributed by atoms with E-state index in [1.54, 1.807) is 33.8 Å². The molecule has 2 aromatic rings. The number of benzene rings is 1. The summed E-state index contributed by atoms with van der Waals surface area (Å²) in [4.78, 5) is 55.8. The quantitative estimate of drug-likeness (QED) is 0.439. The van der Waals surface area contributed by atoms with Crippen molar-refractivity contribution in [2.75, 3.05) is 13.7 Å². The van der Waals surface area contributed by atoms with Crippen molar-refractivity contribution in [3.63, 3.8) is 0 Å². The predicted octanol–water partition coefficient (Wildman–Crippen LogP) is 2.41. The second-order valence-corrected chi connectivity index (χ2v) is 9.14. The van der Waals surface area contributed by atoms with Crippen LogP contribution in [0.25, 0.3) is 0 Å². The monoisotopic (exact) mass is 512 g/mol. The van der Waals surface area contributed by atoms with Gasteiger partial charge in [-0.2, -0.15) is 0 Å². The number of hydrogen-bond acceptors (Lipinski definition) is 9. The van der Waals surface area contributed by atoms with Gasteiger partial charge >= 0.3 is 17.9 Å². The van der Waals surface area contributed by atoms with Crippen LogP contribution >= 0.6 is 0 Å². The number of carbonyl (C=O) groups excluding carboxylic acids is 4. The van der Waals surface area contributed by atoms with Gasteiger partial charge in [0, 0.05) is 11.8 Å². The van der Waals surface area contributed by atoms with Crippen LogP contribution in [-0.4, -0.2) is 60.8 Å². The number of methoxy groups -OCH3 is 1. The second-order valence-electron chi connectivity index (χ2n) is 9.14. The third-order valence-corrected chi connectivity index (χ3v) is 6.06. The Balaban J connectivity index is 1.87. The maximum Gasteiger partial charge on any atom is 0.332 e. The lowest BCUT2D eigenvalue weighted by Crippen LogP contribution is -2.47. The van der Waals surface area contributed by atoms with Crippen LogP contribution in [-0.2, 0) is 35.0 Å². The molecule has 1 aromatic carbocycles. The highest BCUT2D eigenvalue weighted by Crippen LogP contribution is 2.25. The molecular weight excluding hydrogens is 480 g/mol. The average Bonchev–Trinajstić information content (AvgIpc) is 2.91. The van der Waals surface area contributed by atoms with Gasteiger partial charge in [-0.15, -0.1) is 0 Å². The molecule has 0 saturated carbocycles. The van der Waals surface area contributed by atoms with Crippen molar-refractivity contribution in [3.05, 3.63) is 59.4 Å². The van der Waals surface area contributed by atoms with Gasteiger partial charge in [-0.25, -0.2) is 4.79 Å². The molecule has 4 unspecified atom stereocenters. The van der Waals surface area contributed by atoms with E-state index in [1.165, 1.54) is 13.3 Å². The number of nitrogens with zero attached hydrogens (tertiary/aromatic N) is 1. The van der Waals surface area contributed by atoms with Gasteiger partial charge in [0.05, 0.1) is 13.0 Å². The van der Waals surface area contributed by atoms with E-state index in [-0.39, 0.29) is 12.1 Å². The molecule has 198 valence electrons. The first-order chi connectivity index (χ1) is 17.6. The van der Waals surface area contributed by atoms with Gasteiger partial charge in [0.1, 0.15) is 30.1 Å². The van der Waals surface area contributed by atoms with Crippen LogP contribution in [0.5, 0.6) is 5.75 Å². The van der Waals surface area contributed by atoms with Crippen molar-refractivity contribution in [1.82, 2.24) is 10.3 Å². The zero-order valence-electron chi connectivity index (χ0n) is 21.6. The van der Waals surface area contributed by atoms with E-state index in [1.807, 2.05) is 30.3 Å². The molecule has 1 amide bonds. The first-order valence-corrected chi connectivity index (χ1v) is 12.0. The van der Waals surface area contributed by atoms with E-state index in [0.29, 0.717) is 11.3 Å². The van der Waals surface area contributed by atoms with Crippen LogP contribution in [0.2, 0.25) is 0 Å². The highest BCUT2D eigenvalue weighted by molar-refractivity contribution is 5.97. The number of esters is 3. The molecule has 1 aromatic heterocycles. The summed E-state index contributed by atoms with van der Waals surface area (Å²) in [6.45, 7) is 6.07. The maximum absolute atomic E-state index is 13.3. The van der Waals surface area contributed by atoms with Gasteiger partial charge in [0.15, 0.2) is 12.1 Å². The summed E-state index contributed by atoms with van der Waals surface area (Å²) in [6.07, 6.45) is -0.484. The summed E-state index contributed by atoms with van der Waals surface area (Å²) >= 11 is 0. The van der Waals surface area contributed by atoms with Gasteiger partial charge in [0.25, 0.3) is 5.91 Å². The van der Waals surface area contributed by atoms with Crippen molar-refractivity contribution in [2.24, 2.45) is 11.8 Å². The van der Waals surface area contributed by atoms with E-state index in [2.05, 4.69) is 10.3 Å². The third kappa shape index (κ3) is 6.84. The number of pyridine rings is 1. The predicted molar refractivity (Wildman–Crippen MR) is 132 cm³/mol. The minimum atomic E-state index is -1.30. The van der Waals surface area contributed by atoms with E-state index in [9.17, 15) is 19.2 Å². The summed E-state index contributed by atoms with van der Waals surface area (Å²) < 4.78 is 22.0. The topological polar surface area (TPSA) is 130 Å². The number of amides is 1. The molecule has 1 aliphatic heterocycles. The molecule has 1 aliphatic rings. The van der Waals surface area contributed by atoms with E-state index in [4.69, 9.17) is 18.9 Å². The fourth-order valence-electron chi connectivity index (χ4n) is 3.95. The van der Waals surface area contributed by atoms with Crippen LogP contribution < -0.4 is 10.1 Å². The molecule has 10 nitrogen and oxygen atoms in total. The van der Waals surface area contributed by atoms with E-state index < -0.39 is 60.5 Å². The molecule has 2 heterocycles. The van der Waals surface area contributed by atoms with Crippen molar-refractivity contribution in [3.8, 4) is 5.75 Å². The van der Waals surface area contributed by atoms with Gasteiger partial charge in [0.2, 0.25) is 0 Å². The lowest BCUT2D eigenvalue weighted by molar-refractivity contribution is -0.176. The Hall–Kier alpha value is -3.95. The van der Waals surface area contributed by atoms with Crippen LogP contribution in [0, 0.1) is 18.8 Å². The summed E-state index contributed by atoms with van der Waals surface area (Å²) in [6, 6.07) is 9.48. The van der Waals surface area contributed by atoms with Gasteiger partial charge in [-0.3, -0.25) is 19.4 Å². The van der Waals surface area contributed by atoms with Crippen LogP contribution in [0.4, 0.5) is 0 Å². The molecule has 3 rings (SSSR count). The lowest BCUT2D eigenvalue weighted by atomic mass is 9.91. The fourth-order valence-corrected chi connectivity index (χ4v) is 3.95. The average molecular weight is 513 g/mol. The fraction of sp³-hybridized carbons (Fsp3) is 0.444. The minimum Gasteiger partial charge on any atom is -0.496 e. The van der Waals surface area contributed by atoms with Crippen LogP contribution in [0.1, 0.15) is 42.4 Å². The Kier molecular flexibility index (Phi) is 9.21. The molecule has 37 heavy (non-hydrogen) atoms. The molecule has 0 bridgehead atoms. The number of rotatable bonds is 7. The molecule has 0 spiro atoms. The van der Waals surface area contributed by atoms with E-state index in [0.717, 1.165) is 5.56 Å². The lowest BCUT2D eigenvalue weighted by Gasteiger charge is -2.29. The zero-order chi connectivity index (χ0) is 27.1. The number of carbonyl (C=O) groups is 4. The number of cyclic esters (lactones) is 2. The van der Waals surface area contributed by atoms with Gasteiger partial charge in [-0.05, 0) is 31.9 Å². The molecule has 0 aliphatic carbocycles. The molecule has 1 N–H and O–H groups in total. The minimum absolute atomic E-state index is 0.0529. The first kappa shape index (κ1) is 27.6. The normalized spacial score (nSPS) is 22.1. The SMILES string of the molecule is COc1ccnc(C(=O)NC2COC(=O)C(Cc3ccccc3)C(OC(=O)C(C)C)C(C)OC2=O)c1C. The maximum atomic E-state index is 13.3. The first-order valence-electron chi connectivity index (χ1n) is 12.0. The number of nitrogens with one attached hydrogen (secondary N) is 1. The number of aromatic nitrogens is 1. The Morgan fingerprint density at radius 3 is 2.49 bits per heavy atom. The number of ether oxygens (including phenoxy) is 4. The summed E-state index contributed by atoms with van der Waals surface area (Å²) in [5, 5.41) is 2.54. The highest BCUT2D eigenvalue weighted by atomic mass is 16.6. The summed E-state index contributed by atoms with van der Waals surface area (Å²) in [7, 11) is 1.47. The summed E-state index contributed by atoms with van der Waals surface area (Å²) in [5.74, 6) is -3.66. The molecule has 0 radical (unpaired) electrons. The Bertz CT molecular complexity index is 1130. The second kappa shape index (κ2) is 12.3. The third-order valence-electron chi connectivity index (χ3n) is 6.06. The Labute approximate surface area is 215 Å². The van der Waals surface area contributed by atoms with Crippen LogP contribution in [0.3, 0.4) is 0 Å². The zero-order valence-corrected chi connectivity index (χ0v) is 21.6. The van der Waals surface area contributed by atoms with E-state index >= 15 is 0 Å². The van der Waals surface area contributed by atoms with Crippen molar-refractivity contribution >= 4 is 23.8 Å². The van der Waals surface area contributed by atoms with Gasteiger partial charge < -0.3 is 24.3 Å². The van der Waals surface area contributed by atoms with Crippen LogP contribution in [0.15, 0.2) is 42.6 Å². The van der Waals surface area contributed by atoms with Crippen molar-refractivity contribution in [1.29, 1.82) is 0 Å².